The average molecular weight is 370 g/mol. The highest BCUT2D eigenvalue weighted by Crippen LogP contribution is 2.29. The summed E-state index contributed by atoms with van der Waals surface area (Å²) in [6, 6.07) is 20.2. The van der Waals surface area contributed by atoms with Gasteiger partial charge in [-0.25, -0.2) is 0 Å². The van der Waals surface area contributed by atoms with Gasteiger partial charge in [-0.3, -0.25) is 0 Å². The van der Waals surface area contributed by atoms with Gasteiger partial charge in [-0.2, -0.15) is 0 Å². The maximum atomic E-state index is 9.46. The molecule has 3 aromatic carbocycles. The summed E-state index contributed by atoms with van der Waals surface area (Å²) in [6.07, 6.45) is 0.877. The SMILES string of the molecule is CC[C@@H](CO)NCc1c(OCc2ccc(Cl)cc2)ccc2ccccc12. The number of rotatable bonds is 8. The van der Waals surface area contributed by atoms with E-state index >= 15 is 0 Å². The van der Waals surface area contributed by atoms with Gasteiger partial charge in [0.15, 0.2) is 0 Å². The molecule has 2 N–H and O–H groups in total. The maximum absolute atomic E-state index is 9.46. The summed E-state index contributed by atoms with van der Waals surface area (Å²) >= 11 is 5.95. The van der Waals surface area contributed by atoms with E-state index in [-0.39, 0.29) is 12.6 Å². The molecule has 0 radical (unpaired) electrons. The zero-order valence-corrected chi connectivity index (χ0v) is 15.7. The van der Waals surface area contributed by atoms with Crippen molar-refractivity contribution in [1.29, 1.82) is 0 Å². The predicted octanol–water partition coefficient (Wildman–Crippen LogP) is 4.93. The number of hydrogen-bond acceptors (Lipinski definition) is 3. The molecule has 0 bridgehead atoms. The van der Waals surface area contributed by atoms with Crippen LogP contribution in [0.2, 0.25) is 5.02 Å². The minimum Gasteiger partial charge on any atom is -0.489 e. The van der Waals surface area contributed by atoms with E-state index < -0.39 is 0 Å². The quantitative estimate of drug-likeness (QED) is 0.591. The number of halogens is 1. The standard InChI is InChI=1S/C22H24ClNO2/c1-2-19(14-25)24-13-21-20-6-4-3-5-17(20)9-12-22(21)26-15-16-7-10-18(23)11-8-16/h3-12,19,24-25H,2,13-15H2,1H3/t19-/m0/s1. The van der Waals surface area contributed by atoms with Crippen molar-refractivity contribution in [1.82, 2.24) is 5.32 Å². The highest BCUT2D eigenvalue weighted by molar-refractivity contribution is 6.30. The molecular formula is C22H24ClNO2. The molecule has 1 atom stereocenters. The predicted molar refractivity (Wildman–Crippen MR) is 108 cm³/mol. The second kappa shape index (κ2) is 9.04. The van der Waals surface area contributed by atoms with E-state index in [9.17, 15) is 5.11 Å². The van der Waals surface area contributed by atoms with Crippen LogP contribution in [0, 0.1) is 0 Å². The number of fused-ring (bicyclic) bond motifs is 1. The summed E-state index contributed by atoms with van der Waals surface area (Å²) in [5, 5.41) is 16.0. The molecule has 0 unspecified atom stereocenters. The summed E-state index contributed by atoms with van der Waals surface area (Å²) in [4.78, 5) is 0. The van der Waals surface area contributed by atoms with Crippen LogP contribution < -0.4 is 10.1 Å². The number of hydrogen-bond donors (Lipinski definition) is 2. The van der Waals surface area contributed by atoms with Crippen molar-refractivity contribution in [3.05, 3.63) is 76.8 Å². The summed E-state index contributed by atoms with van der Waals surface area (Å²) < 4.78 is 6.13. The molecule has 0 heterocycles. The Balaban J connectivity index is 1.85. The molecule has 3 aromatic rings. The van der Waals surface area contributed by atoms with Gasteiger partial charge in [0.05, 0.1) is 6.61 Å². The zero-order valence-electron chi connectivity index (χ0n) is 14.9. The molecule has 0 aliphatic carbocycles. The molecule has 3 nitrogen and oxygen atoms in total. The molecule has 0 fully saturated rings. The van der Waals surface area contributed by atoms with E-state index in [0.717, 1.165) is 28.3 Å². The Morgan fingerprint density at radius 2 is 1.81 bits per heavy atom. The van der Waals surface area contributed by atoms with Crippen LogP contribution in [-0.2, 0) is 13.2 Å². The van der Waals surface area contributed by atoms with Crippen LogP contribution in [-0.4, -0.2) is 17.8 Å². The normalized spacial score (nSPS) is 12.3. The van der Waals surface area contributed by atoms with E-state index in [2.05, 4.69) is 30.4 Å². The summed E-state index contributed by atoms with van der Waals surface area (Å²) in [7, 11) is 0. The van der Waals surface area contributed by atoms with E-state index in [1.54, 1.807) is 0 Å². The fraction of sp³-hybridized carbons (Fsp3) is 0.273. The van der Waals surface area contributed by atoms with Gasteiger partial charge in [-0.05, 0) is 41.0 Å². The topological polar surface area (TPSA) is 41.5 Å². The fourth-order valence-electron chi connectivity index (χ4n) is 2.96. The van der Waals surface area contributed by atoms with Gasteiger partial charge in [-0.15, -0.1) is 0 Å². The summed E-state index contributed by atoms with van der Waals surface area (Å²) in [6.45, 7) is 3.33. The van der Waals surface area contributed by atoms with Gasteiger partial charge in [0, 0.05) is 23.2 Å². The third-order valence-electron chi connectivity index (χ3n) is 4.59. The molecular weight excluding hydrogens is 346 g/mol. The first-order valence-corrected chi connectivity index (χ1v) is 9.31. The third kappa shape index (κ3) is 4.55. The minimum absolute atomic E-state index is 0.0816. The largest absolute Gasteiger partial charge is 0.489 e. The van der Waals surface area contributed by atoms with Gasteiger partial charge in [-0.1, -0.05) is 61.0 Å². The van der Waals surface area contributed by atoms with Crippen LogP contribution in [0.4, 0.5) is 0 Å². The number of nitrogens with one attached hydrogen (secondary N) is 1. The lowest BCUT2D eigenvalue weighted by Crippen LogP contribution is -2.31. The smallest absolute Gasteiger partial charge is 0.124 e. The molecule has 0 spiro atoms. The Bertz CT molecular complexity index is 844. The van der Waals surface area contributed by atoms with Crippen LogP contribution >= 0.6 is 11.6 Å². The molecule has 0 saturated heterocycles. The van der Waals surface area contributed by atoms with Gasteiger partial charge < -0.3 is 15.2 Å². The second-order valence-electron chi connectivity index (χ2n) is 6.35. The molecule has 4 heteroatoms. The Kier molecular flexibility index (Phi) is 6.51. The first-order chi connectivity index (χ1) is 12.7. The van der Waals surface area contributed by atoms with Crippen LogP contribution in [0.15, 0.2) is 60.7 Å². The highest BCUT2D eigenvalue weighted by Gasteiger charge is 2.11. The number of ether oxygens (including phenoxy) is 1. The van der Waals surface area contributed by atoms with E-state index in [1.807, 2.05) is 42.5 Å². The first-order valence-electron chi connectivity index (χ1n) is 8.93. The van der Waals surface area contributed by atoms with Crippen LogP contribution in [0.1, 0.15) is 24.5 Å². The average Bonchev–Trinajstić information content (AvgIpc) is 2.68. The van der Waals surface area contributed by atoms with Gasteiger partial charge in [0.2, 0.25) is 0 Å². The lowest BCUT2D eigenvalue weighted by atomic mass is 10.0. The molecule has 0 aromatic heterocycles. The highest BCUT2D eigenvalue weighted by atomic mass is 35.5. The monoisotopic (exact) mass is 369 g/mol. The molecule has 0 aliphatic heterocycles. The molecule has 3 rings (SSSR count). The zero-order chi connectivity index (χ0) is 18.4. The lowest BCUT2D eigenvalue weighted by Gasteiger charge is -2.18. The molecule has 0 amide bonds. The van der Waals surface area contributed by atoms with Crippen LogP contribution in [0.3, 0.4) is 0 Å². The number of aliphatic hydroxyl groups excluding tert-OH is 1. The Morgan fingerprint density at radius 3 is 2.54 bits per heavy atom. The van der Waals surface area contributed by atoms with E-state index in [0.29, 0.717) is 13.2 Å². The minimum atomic E-state index is 0.0816. The third-order valence-corrected chi connectivity index (χ3v) is 4.84. The van der Waals surface area contributed by atoms with Gasteiger partial charge in [0.1, 0.15) is 12.4 Å². The van der Waals surface area contributed by atoms with E-state index in [4.69, 9.17) is 16.3 Å². The van der Waals surface area contributed by atoms with Crippen molar-refractivity contribution in [2.24, 2.45) is 0 Å². The van der Waals surface area contributed by atoms with Crippen molar-refractivity contribution in [2.45, 2.75) is 32.5 Å². The fourth-order valence-corrected chi connectivity index (χ4v) is 3.09. The van der Waals surface area contributed by atoms with Gasteiger partial charge in [0.25, 0.3) is 0 Å². The van der Waals surface area contributed by atoms with Crippen molar-refractivity contribution >= 4 is 22.4 Å². The number of benzene rings is 3. The van der Waals surface area contributed by atoms with Crippen molar-refractivity contribution < 1.29 is 9.84 Å². The lowest BCUT2D eigenvalue weighted by molar-refractivity contribution is 0.237. The maximum Gasteiger partial charge on any atom is 0.124 e. The Labute approximate surface area is 159 Å². The van der Waals surface area contributed by atoms with Crippen molar-refractivity contribution in [2.75, 3.05) is 6.61 Å². The van der Waals surface area contributed by atoms with Crippen molar-refractivity contribution in [3.63, 3.8) is 0 Å². The van der Waals surface area contributed by atoms with Crippen LogP contribution in [0.25, 0.3) is 10.8 Å². The summed E-state index contributed by atoms with van der Waals surface area (Å²) in [5.74, 6) is 0.860. The number of aliphatic hydroxyl groups is 1. The Morgan fingerprint density at radius 1 is 1.04 bits per heavy atom. The Hall–Kier alpha value is -2.07. The first kappa shape index (κ1) is 18.7. The summed E-state index contributed by atoms with van der Waals surface area (Å²) in [5.41, 5.74) is 2.19. The molecule has 26 heavy (non-hydrogen) atoms. The van der Waals surface area contributed by atoms with Crippen molar-refractivity contribution in [3.8, 4) is 5.75 Å². The molecule has 0 aliphatic rings. The molecule has 136 valence electrons. The van der Waals surface area contributed by atoms with Crippen LogP contribution in [0.5, 0.6) is 5.75 Å². The van der Waals surface area contributed by atoms with Gasteiger partial charge >= 0.3 is 0 Å². The second-order valence-corrected chi connectivity index (χ2v) is 6.78. The van der Waals surface area contributed by atoms with E-state index in [1.165, 1.54) is 10.8 Å². The molecule has 0 saturated carbocycles.